The highest BCUT2D eigenvalue weighted by Crippen LogP contribution is 2.23. The van der Waals surface area contributed by atoms with Crippen molar-refractivity contribution in [2.75, 3.05) is 6.61 Å². The number of aromatic nitrogens is 2. The molecule has 1 heterocycles. The SMILES string of the molecule is CCCC(N)C(CO)n1ccnc1-c1ccccc1. The van der Waals surface area contributed by atoms with E-state index in [2.05, 4.69) is 11.9 Å². The van der Waals surface area contributed by atoms with Crippen molar-refractivity contribution in [3.05, 3.63) is 42.7 Å². The number of aliphatic hydroxyl groups is 1. The van der Waals surface area contributed by atoms with Crippen LogP contribution in [0, 0.1) is 0 Å². The Hall–Kier alpha value is -1.65. The first-order chi connectivity index (χ1) is 9.27. The molecule has 19 heavy (non-hydrogen) atoms. The van der Waals surface area contributed by atoms with E-state index in [-0.39, 0.29) is 18.7 Å². The Morgan fingerprint density at radius 1 is 1.32 bits per heavy atom. The fourth-order valence-corrected chi connectivity index (χ4v) is 2.35. The zero-order valence-electron chi connectivity index (χ0n) is 11.2. The van der Waals surface area contributed by atoms with Gasteiger partial charge < -0.3 is 15.4 Å². The van der Waals surface area contributed by atoms with Crippen molar-refractivity contribution in [1.82, 2.24) is 9.55 Å². The molecule has 0 spiro atoms. The van der Waals surface area contributed by atoms with Crippen LogP contribution in [-0.4, -0.2) is 27.3 Å². The molecule has 1 aromatic heterocycles. The van der Waals surface area contributed by atoms with Gasteiger partial charge in [-0.05, 0) is 6.42 Å². The zero-order chi connectivity index (χ0) is 13.7. The average Bonchev–Trinajstić information content (AvgIpc) is 2.90. The van der Waals surface area contributed by atoms with Gasteiger partial charge in [0, 0.05) is 24.0 Å². The maximum absolute atomic E-state index is 9.64. The molecule has 0 aliphatic heterocycles. The third-order valence-corrected chi connectivity index (χ3v) is 3.36. The van der Waals surface area contributed by atoms with Crippen LogP contribution in [0.2, 0.25) is 0 Å². The molecule has 0 aliphatic rings. The number of hydrogen-bond donors (Lipinski definition) is 2. The van der Waals surface area contributed by atoms with Crippen LogP contribution in [0.5, 0.6) is 0 Å². The molecule has 0 aliphatic carbocycles. The Balaban J connectivity index is 2.32. The van der Waals surface area contributed by atoms with Gasteiger partial charge in [-0.2, -0.15) is 0 Å². The van der Waals surface area contributed by atoms with Crippen LogP contribution in [0.4, 0.5) is 0 Å². The molecule has 4 heteroatoms. The van der Waals surface area contributed by atoms with Crippen molar-refractivity contribution in [2.24, 2.45) is 5.73 Å². The molecule has 2 unspecified atom stereocenters. The predicted octanol–water partition coefficient (Wildman–Crippen LogP) is 2.21. The van der Waals surface area contributed by atoms with Crippen molar-refractivity contribution in [3.8, 4) is 11.4 Å². The van der Waals surface area contributed by atoms with Crippen LogP contribution in [-0.2, 0) is 0 Å². The standard InChI is InChI=1S/C15H21N3O/c1-2-6-13(16)14(11-19)18-10-9-17-15(18)12-7-4-3-5-8-12/h3-5,7-10,13-14,19H,2,6,11,16H2,1H3. The van der Waals surface area contributed by atoms with E-state index in [1.807, 2.05) is 41.1 Å². The maximum atomic E-state index is 9.64. The molecule has 2 rings (SSSR count). The van der Waals surface area contributed by atoms with Crippen LogP contribution in [0.25, 0.3) is 11.4 Å². The highest BCUT2D eigenvalue weighted by atomic mass is 16.3. The first-order valence-corrected chi connectivity index (χ1v) is 6.72. The molecule has 4 nitrogen and oxygen atoms in total. The molecule has 0 amide bonds. The summed E-state index contributed by atoms with van der Waals surface area (Å²) in [5, 5.41) is 9.64. The molecule has 3 N–H and O–H groups in total. The summed E-state index contributed by atoms with van der Waals surface area (Å²) in [7, 11) is 0. The second-order valence-corrected chi connectivity index (χ2v) is 4.73. The smallest absolute Gasteiger partial charge is 0.140 e. The number of hydrogen-bond acceptors (Lipinski definition) is 3. The molecule has 0 bridgehead atoms. The summed E-state index contributed by atoms with van der Waals surface area (Å²) in [4.78, 5) is 4.39. The van der Waals surface area contributed by atoms with Crippen LogP contribution < -0.4 is 5.73 Å². The fourth-order valence-electron chi connectivity index (χ4n) is 2.35. The maximum Gasteiger partial charge on any atom is 0.140 e. The van der Waals surface area contributed by atoms with Crippen LogP contribution in [0.1, 0.15) is 25.8 Å². The second kappa shape index (κ2) is 6.50. The number of rotatable bonds is 6. The van der Waals surface area contributed by atoms with Crippen molar-refractivity contribution in [1.29, 1.82) is 0 Å². The van der Waals surface area contributed by atoms with Gasteiger partial charge in [0.25, 0.3) is 0 Å². The van der Waals surface area contributed by atoms with Crippen molar-refractivity contribution in [2.45, 2.75) is 31.8 Å². The minimum absolute atomic E-state index is 0.0252. The normalized spacial score (nSPS) is 14.3. The molecular formula is C15H21N3O. The highest BCUT2D eigenvalue weighted by molar-refractivity contribution is 5.55. The number of nitrogens with zero attached hydrogens (tertiary/aromatic N) is 2. The summed E-state index contributed by atoms with van der Waals surface area (Å²) < 4.78 is 1.98. The lowest BCUT2D eigenvalue weighted by molar-refractivity contribution is 0.203. The highest BCUT2D eigenvalue weighted by Gasteiger charge is 2.21. The molecule has 0 fully saturated rings. The van der Waals surface area contributed by atoms with Gasteiger partial charge in [0.15, 0.2) is 0 Å². The number of nitrogens with two attached hydrogens (primary N) is 1. The van der Waals surface area contributed by atoms with Gasteiger partial charge in [-0.15, -0.1) is 0 Å². The third-order valence-electron chi connectivity index (χ3n) is 3.36. The van der Waals surface area contributed by atoms with Gasteiger partial charge in [0.2, 0.25) is 0 Å². The topological polar surface area (TPSA) is 64.1 Å². The average molecular weight is 259 g/mol. The molecular weight excluding hydrogens is 238 g/mol. The first kappa shape index (κ1) is 13.8. The van der Waals surface area contributed by atoms with Crippen LogP contribution >= 0.6 is 0 Å². The Kier molecular flexibility index (Phi) is 4.71. The lowest BCUT2D eigenvalue weighted by atomic mass is 10.0. The van der Waals surface area contributed by atoms with Crippen molar-refractivity contribution in [3.63, 3.8) is 0 Å². The van der Waals surface area contributed by atoms with E-state index in [1.54, 1.807) is 6.20 Å². The number of aliphatic hydroxyl groups excluding tert-OH is 1. The lowest BCUT2D eigenvalue weighted by Crippen LogP contribution is -2.34. The van der Waals surface area contributed by atoms with Gasteiger partial charge >= 0.3 is 0 Å². The van der Waals surface area contributed by atoms with E-state index in [9.17, 15) is 5.11 Å². The van der Waals surface area contributed by atoms with Crippen LogP contribution in [0.3, 0.4) is 0 Å². The van der Waals surface area contributed by atoms with E-state index in [0.29, 0.717) is 0 Å². The van der Waals surface area contributed by atoms with Gasteiger partial charge in [-0.1, -0.05) is 43.7 Å². The summed E-state index contributed by atoms with van der Waals surface area (Å²) in [5.41, 5.74) is 7.21. The Bertz CT molecular complexity index is 495. The van der Waals surface area contributed by atoms with E-state index in [0.717, 1.165) is 24.2 Å². The molecule has 102 valence electrons. The Morgan fingerprint density at radius 2 is 2.05 bits per heavy atom. The minimum atomic E-state index is -0.127. The van der Waals surface area contributed by atoms with E-state index in [1.165, 1.54) is 0 Å². The zero-order valence-corrected chi connectivity index (χ0v) is 11.2. The molecule has 2 aromatic rings. The first-order valence-electron chi connectivity index (χ1n) is 6.72. The lowest BCUT2D eigenvalue weighted by Gasteiger charge is -2.24. The van der Waals surface area contributed by atoms with E-state index >= 15 is 0 Å². The van der Waals surface area contributed by atoms with Gasteiger partial charge in [0.1, 0.15) is 5.82 Å². The van der Waals surface area contributed by atoms with Gasteiger partial charge in [0.05, 0.1) is 12.6 Å². The summed E-state index contributed by atoms with van der Waals surface area (Å²) in [6.07, 6.45) is 5.53. The second-order valence-electron chi connectivity index (χ2n) is 4.73. The van der Waals surface area contributed by atoms with E-state index < -0.39 is 0 Å². The molecule has 2 atom stereocenters. The monoisotopic (exact) mass is 259 g/mol. The summed E-state index contributed by atoms with van der Waals surface area (Å²) in [5.74, 6) is 0.853. The largest absolute Gasteiger partial charge is 0.394 e. The van der Waals surface area contributed by atoms with Gasteiger partial charge in [-0.3, -0.25) is 0 Å². The van der Waals surface area contributed by atoms with Gasteiger partial charge in [-0.25, -0.2) is 4.98 Å². The molecule has 0 saturated heterocycles. The fraction of sp³-hybridized carbons (Fsp3) is 0.400. The quantitative estimate of drug-likeness (QED) is 0.836. The third kappa shape index (κ3) is 3.03. The Morgan fingerprint density at radius 3 is 2.68 bits per heavy atom. The summed E-state index contributed by atoms with van der Waals surface area (Å²) in [6, 6.07) is 9.77. The minimum Gasteiger partial charge on any atom is -0.394 e. The van der Waals surface area contributed by atoms with Crippen molar-refractivity contribution < 1.29 is 5.11 Å². The predicted molar refractivity (Wildman–Crippen MR) is 76.7 cm³/mol. The number of imidazole rings is 1. The van der Waals surface area contributed by atoms with Crippen LogP contribution in [0.15, 0.2) is 42.7 Å². The number of benzene rings is 1. The summed E-state index contributed by atoms with van der Waals surface area (Å²) >= 11 is 0. The van der Waals surface area contributed by atoms with E-state index in [4.69, 9.17) is 5.73 Å². The van der Waals surface area contributed by atoms with Crippen molar-refractivity contribution >= 4 is 0 Å². The molecule has 0 saturated carbocycles. The molecule has 1 aromatic carbocycles. The molecule has 0 radical (unpaired) electrons. The Labute approximate surface area is 113 Å². The summed E-state index contributed by atoms with van der Waals surface area (Å²) in [6.45, 7) is 2.12.